The third kappa shape index (κ3) is 3.57. The Bertz CT molecular complexity index is 386. The maximum Gasteiger partial charge on any atom is 0.410 e. The van der Waals surface area contributed by atoms with Crippen molar-refractivity contribution in [3.63, 3.8) is 0 Å². The molecule has 128 valence electrons. The zero-order chi connectivity index (χ0) is 16.5. The average molecular weight is 313 g/mol. The van der Waals surface area contributed by atoms with E-state index in [-0.39, 0.29) is 24.1 Å². The predicted molar refractivity (Wildman–Crippen MR) is 84.7 cm³/mol. The smallest absolute Gasteiger partial charge is 0.410 e. The highest BCUT2D eigenvalue weighted by Gasteiger charge is 2.51. The number of nitrogens with zero attached hydrogens (tertiary/aromatic N) is 1. The molecule has 0 radical (unpaired) electrons. The lowest BCUT2D eigenvalue weighted by molar-refractivity contribution is -0.157. The van der Waals surface area contributed by atoms with Gasteiger partial charge in [-0.2, -0.15) is 0 Å². The quantitative estimate of drug-likeness (QED) is 0.870. The Labute approximate surface area is 134 Å². The van der Waals surface area contributed by atoms with Crippen molar-refractivity contribution in [2.24, 2.45) is 5.92 Å². The van der Waals surface area contributed by atoms with E-state index in [2.05, 4.69) is 13.8 Å². The van der Waals surface area contributed by atoms with Crippen LogP contribution in [-0.4, -0.2) is 52.6 Å². The first-order valence-corrected chi connectivity index (χ1v) is 8.51. The number of hydrogen-bond acceptors (Lipinski definition) is 4. The van der Waals surface area contributed by atoms with Gasteiger partial charge in [0.2, 0.25) is 0 Å². The molecule has 1 amide bonds. The molecule has 5 nitrogen and oxygen atoms in total. The van der Waals surface area contributed by atoms with E-state index in [4.69, 9.17) is 9.47 Å². The van der Waals surface area contributed by atoms with Crippen LogP contribution in [0.1, 0.15) is 60.3 Å². The second-order valence-corrected chi connectivity index (χ2v) is 7.76. The minimum absolute atomic E-state index is 0.0899. The molecule has 0 aliphatic carbocycles. The van der Waals surface area contributed by atoms with Crippen LogP contribution in [0.15, 0.2) is 0 Å². The van der Waals surface area contributed by atoms with Gasteiger partial charge in [-0.15, -0.1) is 0 Å². The molecular formula is C17H31NO4. The van der Waals surface area contributed by atoms with Crippen molar-refractivity contribution in [3.05, 3.63) is 0 Å². The van der Waals surface area contributed by atoms with Crippen molar-refractivity contribution in [3.8, 4) is 0 Å². The fourth-order valence-corrected chi connectivity index (χ4v) is 4.01. The van der Waals surface area contributed by atoms with Gasteiger partial charge in [-0.05, 0) is 39.5 Å². The zero-order valence-electron chi connectivity index (χ0n) is 14.6. The summed E-state index contributed by atoms with van der Waals surface area (Å²) in [5.74, 6) is 0.274. The molecule has 2 aliphatic heterocycles. The lowest BCUT2D eigenvalue weighted by Gasteiger charge is -2.53. The summed E-state index contributed by atoms with van der Waals surface area (Å²) in [6.07, 6.45) is 2.79. The lowest BCUT2D eigenvalue weighted by atomic mass is 9.71. The molecule has 2 fully saturated rings. The fraction of sp³-hybridized carbons (Fsp3) is 0.941. The predicted octanol–water partition coefficient (Wildman–Crippen LogP) is 2.95. The van der Waals surface area contributed by atoms with E-state index in [1.165, 1.54) is 0 Å². The van der Waals surface area contributed by atoms with Gasteiger partial charge in [-0.3, -0.25) is 4.90 Å². The van der Waals surface area contributed by atoms with Crippen LogP contribution in [0, 0.1) is 5.92 Å². The highest BCUT2D eigenvalue weighted by Crippen LogP contribution is 2.41. The standard InChI is InChI=1S/C17H31NO4/c1-6-12(7-2)17(20)8-13-10-21-11-14(9-17)18(13)15(19)22-16(3,4)5/h12-14,20H,6-11H2,1-5H3. The number of ether oxygens (including phenoxy) is 2. The third-order valence-corrected chi connectivity index (χ3v) is 4.94. The van der Waals surface area contributed by atoms with Crippen LogP contribution in [0.25, 0.3) is 0 Å². The molecule has 2 bridgehead atoms. The number of morpholine rings is 1. The largest absolute Gasteiger partial charge is 0.444 e. The summed E-state index contributed by atoms with van der Waals surface area (Å²) in [5.41, 5.74) is -1.20. The van der Waals surface area contributed by atoms with Crippen LogP contribution >= 0.6 is 0 Å². The minimum atomic E-state index is -0.693. The summed E-state index contributed by atoms with van der Waals surface area (Å²) in [5, 5.41) is 11.1. The molecule has 0 spiro atoms. The molecule has 0 aromatic carbocycles. The SMILES string of the molecule is CCC(CC)C1(O)CC2COCC(C1)N2C(=O)OC(C)(C)C. The number of rotatable bonds is 3. The molecule has 5 heteroatoms. The second kappa shape index (κ2) is 6.36. The van der Waals surface area contributed by atoms with Crippen molar-refractivity contribution >= 4 is 6.09 Å². The Morgan fingerprint density at radius 1 is 1.27 bits per heavy atom. The van der Waals surface area contributed by atoms with Gasteiger partial charge in [-0.25, -0.2) is 4.79 Å². The Kier molecular flexibility index (Phi) is 5.07. The molecule has 0 aromatic rings. The van der Waals surface area contributed by atoms with E-state index in [0.29, 0.717) is 26.1 Å². The van der Waals surface area contributed by atoms with Gasteiger partial charge in [0.05, 0.1) is 30.9 Å². The summed E-state index contributed by atoms with van der Waals surface area (Å²) in [7, 11) is 0. The molecule has 2 unspecified atom stereocenters. The normalized spacial score (nSPS) is 32.2. The van der Waals surface area contributed by atoms with Gasteiger partial charge in [0.25, 0.3) is 0 Å². The van der Waals surface area contributed by atoms with Crippen molar-refractivity contribution in [2.75, 3.05) is 13.2 Å². The molecule has 1 N–H and O–H groups in total. The second-order valence-electron chi connectivity index (χ2n) is 7.76. The average Bonchev–Trinajstić information content (AvgIpc) is 2.36. The molecular weight excluding hydrogens is 282 g/mol. The van der Waals surface area contributed by atoms with Gasteiger partial charge in [-0.1, -0.05) is 26.7 Å². The zero-order valence-corrected chi connectivity index (χ0v) is 14.6. The molecule has 22 heavy (non-hydrogen) atoms. The van der Waals surface area contributed by atoms with E-state index in [1.807, 2.05) is 25.7 Å². The highest BCUT2D eigenvalue weighted by atomic mass is 16.6. The summed E-state index contributed by atoms with van der Waals surface area (Å²) >= 11 is 0. The number of amides is 1. The van der Waals surface area contributed by atoms with Crippen LogP contribution in [0.4, 0.5) is 4.79 Å². The van der Waals surface area contributed by atoms with E-state index in [1.54, 1.807) is 0 Å². The van der Waals surface area contributed by atoms with Crippen LogP contribution in [0.3, 0.4) is 0 Å². The van der Waals surface area contributed by atoms with Gasteiger partial charge in [0.1, 0.15) is 5.60 Å². The Hall–Kier alpha value is -0.810. The van der Waals surface area contributed by atoms with E-state index >= 15 is 0 Å². The summed E-state index contributed by atoms with van der Waals surface area (Å²) in [4.78, 5) is 14.3. The Balaban J connectivity index is 2.16. The van der Waals surface area contributed by atoms with Crippen LogP contribution in [-0.2, 0) is 9.47 Å². The van der Waals surface area contributed by atoms with E-state index < -0.39 is 11.2 Å². The molecule has 2 aliphatic rings. The number of hydrogen-bond donors (Lipinski definition) is 1. The molecule has 2 rings (SSSR count). The van der Waals surface area contributed by atoms with Crippen molar-refractivity contribution in [1.29, 1.82) is 0 Å². The number of carbonyl (C=O) groups excluding carboxylic acids is 1. The lowest BCUT2D eigenvalue weighted by Crippen LogP contribution is -2.65. The maximum atomic E-state index is 12.5. The van der Waals surface area contributed by atoms with E-state index in [9.17, 15) is 9.90 Å². The van der Waals surface area contributed by atoms with Gasteiger partial charge < -0.3 is 14.6 Å². The summed E-state index contributed by atoms with van der Waals surface area (Å²) in [6.45, 7) is 10.8. The highest BCUT2D eigenvalue weighted by molar-refractivity contribution is 5.69. The minimum Gasteiger partial charge on any atom is -0.444 e. The number of carbonyl (C=O) groups is 1. The van der Waals surface area contributed by atoms with Gasteiger partial charge in [0.15, 0.2) is 0 Å². The fourth-order valence-electron chi connectivity index (χ4n) is 4.01. The van der Waals surface area contributed by atoms with Gasteiger partial charge in [0, 0.05) is 0 Å². The van der Waals surface area contributed by atoms with E-state index in [0.717, 1.165) is 12.8 Å². The first kappa shape index (κ1) is 17.5. The van der Waals surface area contributed by atoms with Crippen molar-refractivity contribution in [1.82, 2.24) is 4.90 Å². The van der Waals surface area contributed by atoms with Crippen LogP contribution in [0.5, 0.6) is 0 Å². The first-order valence-electron chi connectivity index (χ1n) is 8.51. The molecule has 0 saturated carbocycles. The number of fused-ring (bicyclic) bond motifs is 2. The number of aliphatic hydroxyl groups is 1. The number of piperidine rings is 1. The Morgan fingerprint density at radius 2 is 1.77 bits per heavy atom. The van der Waals surface area contributed by atoms with Gasteiger partial charge >= 0.3 is 6.09 Å². The monoisotopic (exact) mass is 313 g/mol. The molecule has 2 heterocycles. The van der Waals surface area contributed by atoms with Crippen LogP contribution in [0.2, 0.25) is 0 Å². The molecule has 0 aromatic heterocycles. The first-order chi connectivity index (χ1) is 10.2. The summed E-state index contributed by atoms with van der Waals surface area (Å²) < 4.78 is 11.2. The van der Waals surface area contributed by atoms with Crippen molar-refractivity contribution < 1.29 is 19.4 Å². The Morgan fingerprint density at radius 3 is 2.18 bits per heavy atom. The molecule has 2 atom stereocenters. The van der Waals surface area contributed by atoms with Crippen LogP contribution < -0.4 is 0 Å². The maximum absolute atomic E-state index is 12.5. The summed E-state index contributed by atoms with van der Waals surface area (Å²) in [6, 6.07) is -0.180. The third-order valence-electron chi connectivity index (χ3n) is 4.94. The van der Waals surface area contributed by atoms with Crippen molar-refractivity contribution in [2.45, 2.75) is 83.6 Å². The topological polar surface area (TPSA) is 59.0 Å². The molecule has 2 saturated heterocycles.